The maximum absolute atomic E-state index is 11.6. The lowest BCUT2D eigenvalue weighted by molar-refractivity contribution is -0.148. The summed E-state index contributed by atoms with van der Waals surface area (Å²) in [7, 11) is 0. The normalized spacial score (nSPS) is 10.1. The van der Waals surface area contributed by atoms with Crippen LogP contribution in [0.3, 0.4) is 0 Å². The van der Waals surface area contributed by atoms with E-state index in [0.29, 0.717) is 5.69 Å². The van der Waals surface area contributed by atoms with Crippen LogP contribution in [-0.4, -0.2) is 38.7 Å². The van der Waals surface area contributed by atoms with Crippen molar-refractivity contribution in [1.29, 1.82) is 0 Å². The third kappa shape index (κ3) is 4.26. The van der Waals surface area contributed by atoms with E-state index in [1.54, 1.807) is 6.07 Å². The van der Waals surface area contributed by atoms with Crippen molar-refractivity contribution in [3.05, 3.63) is 34.2 Å². The summed E-state index contributed by atoms with van der Waals surface area (Å²) in [4.78, 5) is 23.0. The van der Waals surface area contributed by atoms with E-state index in [1.165, 1.54) is 11.0 Å². The number of hydrogen-bond donors (Lipinski definition) is 1. The van der Waals surface area contributed by atoms with Gasteiger partial charge in [-0.1, -0.05) is 12.1 Å². The topological polar surface area (TPSA) is 99.0 Å². The summed E-state index contributed by atoms with van der Waals surface area (Å²) >= 11 is 2.10. The summed E-state index contributed by atoms with van der Waals surface area (Å²) in [6, 6.07) is 7.30. The number of tetrazole rings is 1. The number of ether oxygens (including phenoxy) is 1. The van der Waals surface area contributed by atoms with E-state index >= 15 is 0 Å². The molecule has 0 spiro atoms. The Morgan fingerprint density at radius 1 is 1.35 bits per heavy atom. The Kier molecular flexibility index (Phi) is 4.98. The van der Waals surface area contributed by atoms with Crippen molar-refractivity contribution < 1.29 is 14.3 Å². The molecule has 0 aliphatic carbocycles. The lowest BCUT2D eigenvalue weighted by Gasteiger charge is -2.07. The second-order valence-electron chi connectivity index (χ2n) is 3.70. The second kappa shape index (κ2) is 6.93. The zero-order chi connectivity index (χ0) is 14.4. The average molecular weight is 387 g/mol. The number of rotatable bonds is 5. The minimum absolute atomic E-state index is 0.136. The highest BCUT2D eigenvalue weighted by atomic mass is 127. The number of para-hydroxylation sites is 1. The van der Waals surface area contributed by atoms with Gasteiger partial charge >= 0.3 is 5.97 Å². The maximum atomic E-state index is 11.6. The van der Waals surface area contributed by atoms with Gasteiger partial charge in [-0.3, -0.25) is 9.59 Å². The Labute approximate surface area is 127 Å². The molecule has 2 aromatic rings. The van der Waals surface area contributed by atoms with Gasteiger partial charge in [0.1, 0.15) is 12.9 Å². The first-order valence-corrected chi connectivity index (χ1v) is 6.64. The highest BCUT2D eigenvalue weighted by molar-refractivity contribution is 14.1. The molecule has 0 radical (unpaired) electrons. The van der Waals surface area contributed by atoms with Crippen LogP contribution in [0.4, 0.5) is 5.69 Å². The number of nitrogens with zero attached hydrogens (tertiary/aromatic N) is 4. The van der Waals surface area contributed by atoms with E-state index in [2.05, 4.69) is 43.4 Å². The Balaban J connectivity index is 1.78. The second-order valence-corrected chi connectivity index (χ2v) is 4.86. The van der Waals surface area contributed by atoms with E-state index in [4.69, 9.17) is 4.74 Å². The summed E-state index contributed by atoms with van der Waals surface area (Å²) in [6.45, 7) is -0.491. The first-order valence-electron chi connectivity index (χ1n) is 5.56. The van der Waals surface area contributed by atoms with Crippen LogP contribution in [-0.2, 0) is 20.9 Å². The van der Waals surface area contributed by atoms with Crippen LogP contribution >= 0.6 is 22.6 Å². The Morgan fingerprint density at radius 2 is 2.15 bits per heavy atom. The van der Waals surface area contributed by atoms with Crippen molar-refractivity contribution in [2.24, 2.45) is 0 Å². The van der Waals surface area contributed by atoms with E-state index in [9.17, 15) is 9.59 Å². The van der Waals surface area contributed by atoms with Crippen molar-refractivity contribution in [3.8, 4) is 0 Å². The predicted molar refractivity (Wildman–Crippen MR) is 76.6 cm³/mol. The molecule has 0 saturated carbocycles. The van der Waals surface area contributed by atoms with Gasteiger partial charge in [-0.15, -0.1) is 5.10 Å². The van der Waals surface area contributed by atoms with Gasteiger partial charge in [0.25, 0.3) is 5.91 Å². The first-order chi connectivity index (χ1) is 9.65. The number of nitrogens with one attached hydrogen (secondary N) is 1. The lowest BCUT2D eigenvalue weighted by atomic mass is 10.3. The number of anilines is 1. The molecule has 0 aliphatic heterocycles. The molecule has 1 N–H and O–H groups in total. The van der Waals surface area contributed by atoms with Crippen molar-refractivity contribution >= 4 is 40.2 Å². The average Bonchev–Trinajstić information content (AvgIpc) is 2.92. The van der Waals surface area contributed by atoms with Crippen LogP contribution in [0.1, 0.15) is 0 Å². The fraction of sp³-hybridized carbons (Fsp3) is 0.182. The van der Waals surface area contributed by atoms with Gasteiger partial charge in [0.2, 0.25) is 0 Å². The van der Waals surface area contributed by atoms with E-state index < -0.39 is 11.9 Å². The largest absolute Gasteiger partial charge is 0.454 e. The van der Waals surface area contributed by atoms with Crippen LogP contribution in [0, 0.1) is 3.57 Å². The smallest absolute Gasteiger partial charge is 0.328 e. The number of carbonyl (C=O) groups is 2. The molecule has 0 saturated heterocycles. The summed E-state index contributed by atoms with van der Waals surface area (Å²) < 4.78 is 6.93. The summed E-state index contributed by atoms with van der Waals surface area (Å²) in [5.74, 6) is -0.991. The highest BCUT2D eigenvalue weighted by Gasteiger charge is 2.10. The molecule has 0 fully saturated rings. The SMILES string of the molecule is O=C(COC(=O)Cn1cnnn1)Nc1ccccc1I. The van der Waals surface area contributed by atoms with Crippen molar-refractivity contribution in [1.82, 2.24) is 20.2 Å². The summed E-state index contributed by atoms with van der Waals surface area (Å²) in [6.07, 6.45) is 1.29. The van der Waals surface area contributed by atoms with Gasteiger partial charge in [0.15, 0.2) is 6.61 Å². The Hall–Kier alpha value is -2.04. The Morgan fingerprint density at radius 3 is 2.85 bits per heavy atom. The van der Waals surface area contributed by atoms with E-state index in [1.807, 2.05) is 18.2 Å². The van der Waals surface area contributed by atoms with Crippen LogP contribution in [0.2, 0.25) is 0 Å². The molecule has 0 atom stereocenters. The maximum Gasteiger partial charge on any atom is 0.328 e. The lowest BCUT2D eigenvalue weighted by Crippen LogP contribution is -2.23. The van der Waals surface area contributed by atoms with Gasteiger partial charge < -0.3 is 10.1 Å². The summed E-state index contributed by atoms with van der Waals surface area (Å²) in [5, 5.41) is 12.9. The van der Waals surface area contributed by atoms with Gasteiger partial charge in [-0.2, -0.15) is 0 Å². The molecule has 9 heteroatoms. The molecule has 8 nitrogen and oxygen atoms in total. The number of halogens is 1. The molecule has 1 aromatic carbocycles. The number of hydrogen-bond acceptors (Lipinski definition) is 6. The van der Waals surface area contributed by atoms with Crippen LogP contribution in [0.25, 0.3) is 0 Å². The van der Waals surface area contributed by atoms with Crippen molar-refractivity contribution in [2.75, 3.05) is 11.9 Å². The monoisotopic (exact) mass is 387 g/mol. The number of esters is 1. The zero-order valence-electron chi connectivity index (χ0n) is 10.2. The fourth-order valence-electron chi connectivity index (χ4n) is 1.33. The third-order valence-corrected chi connectivity index (χ3v) is 3.14. The van der Waals surface area contributed by atoms with Gasteiger partial charge in [0.05, 0.1) is 5.69 Å². The zero-order valence-corrected chi connectivity index (χ0v) is 12.4. The van der Waals surface area contributed by atoms with Crippen LogP contribution in [0.5, 0.6) is 0 Å². The quantitative estimate of drug-likeness (QED) is 0.591. The van der Waals surface area contributed by atoms with Crippen LogP contribution in [0.15, 0.2) is 30.6 Å². The molecule has 1 aromatic heterocycles. The highest BCUT2D eigenvalue weighted by Crippen LogP contribution is 2.16. The molecule has 0 bridgehead atoms. The van der Waals surface area contributed by atoms with E-state index in [-0.39, 0.29) is 13.2 Å². The third-order valence-electron chi connectivity index (χ3n) is 2.19. The van der Waals surface area contributed by atoms with Crippen molar-refractivity contribution in [3.63, 3.8) is 0 Å². The first kappa shape index (κ1) is 14.4. The minimum Gasteiger partial charge on any atom is -0.454 e. The molecule has 0 aliphatic rings. The molecule has 0 unspecified atom stereocenters. The number of carbonyl (C=O) groups excluding carboxylic acids is 2. The number of amides is 1. The minimum atomic E-state index is -0.588. The molecule has 1 amide bonds. The molecular formula is C11H10IN5O3. The fourth-order valence-corrected chi connectivity index (χ4v) is 1.85. The van der Waals surface area contributed by atoms with Gasteiger partial charge in [0, 0.05) is 3.57 Å². The number of aromatic nitrogens is 4. The predicted octanol–water partition coefficient (Wildman–Crippen LogP) is 0.460. The summed E-state index contributed by atoms with van der Waals surface area (Å²) in [5.41, 5.74) is 0.676. The van der Waals surface area contributed by atoms with Crippen LogP contribution < -0.4 is 5.32 Å². The molecule has 1 heterocycles. The van der Waals surface area contributed by atoms with Gasteiger partial charge in [-0.05, 0) is 45.2 Å². The molecular weight excluding hydrogens is 377 g/mol. The standard InChI is InChI=1S/C11H10IN5O3/c12-8-3-1-2-4-9(8)14-10(18)6-20-11(19)5-17-7-13-15-16-17/h1-4,7H,5-6H2,(H,14,18). The van der Waals surface area contributed by atoms with Gasteiger partial charge in [-0.25, -0.2) is 4.68 Å². The molecule has 104 valence electrons. The number of benzene rings is 1. The van der Waals surface area contributed by atoms with E-state index in [0.717, 1.165) is 3.57 Å². The molecule has 2 rings (SSSR count). The molecule has 20 heavy (non-hydrogen) atoms. The Bertz CT molecular complexity index is 602. The van der Waals surface area contributed by atoms with Crippen molar-refractivity contribution in [2.45, 2.75) is 6.54 Å².